The number of carbonyl (C=O) groups is 1. The number of amides is 1. The first-order valence-corrected chi connectivity index (χ1v) is 8.91. The first kappa shape index (κ1) is 16.9. The molecule has 1 saturated heterocycles. The van der Waals surface area contributed by atoms with E-state index >= 15 is 0 Å². The number of para-hydroxylation sites is 1. The fraction of sp³-hybridized carbons (Fsp3) is 0.421. The highest BCUT2D eigenvalue weighted by molar-refractivity contribution is 5.78. The van der Waals surface area contributed by atoms with Crippen LogP contribution in [0.3, 0.4) is 0 Å². The number of aromatic nitrogens is 2. The van der Waals surface area contributed by atoms with Gasteiger partial charge in [-0.15, -0.1) is 0 Å². The molecule has 1 aromatic carbocycles. The number of rotatable bonds is 4. The van der Waals surface area contributed by atoms with E-state index in [1.165, 1.54) is 12.1 Å². The van der Waals surface area contributed by atoms with Gasteiger partial charge in [-0.25, -0.2) is 14.4 Å². The van der Waals surface area contributed by atoms with Gasteiger partial charge in [0, 0.05) is 43.7 Å². The highest BCUT2D eigenvalue weighted by Crippen LogP contribution is 2.23. The van der Waals surface area contributed by atoms with E-state index in [9.17, 15) is 9.18 Å². The van der Waals surface area contributed by atoms with Crippen LogP contribution in [0.25, 0.3) is 0 Å². The molecule has 4 rings (SSSR count). The number of carbonyl (C=O) groups excluding carboxylic acids is 1. The highest BCUT2D eigenvalue weighted by atomic mass is 19.1. The monoisotopic (exact) mass is 356 g/mol. The number of fused-ring (bicyclic) bond motifs is 1. The number of ether oxygens (including phenoxy) is 1. The van der Waals surface area contributed by atoms with Crippen LogP contribution in [0.5, 0.6) is 5.75 Å². The second-order valence-corrected chi connectivity index (χ2v) is 6.67. The summed E-state index contributed by atoms with van der Waals surface area (Å²) in [6.45, 7) is 2.82. The summed E-state index contributed by atoms with van der Waals surface area (Å²) in [6.07, 6.45) is 3.61. The first-order valence-electron chi connectivity index (χ1n) is 8.91. The Labute approximate surface area is 151 Å². The van der Waals surface area contributed by atoms with Crippen molar-refractivity contribution in [2.24, 2.45) is 0 Å². The maximum absolute atomic E-state index is 13.6. The van der Waals surface area contributed by atoms with E-state index in [1.807, 2.05) is 6.20 Å². The topological polar surface area (TPSA) is 67.3 Å². The summed E-state index contributed by atoms with van der Waals surface area (Å²) in [7, 11) is 0. The number of nitrogens with zero attached hydrogens (tertiary/aromatic N) is 3. The molecule has 3 heterocycles. The second kappa shape index (κ2) is 7.37. The summed E-state index contributed by atoms with van der Waals surface area (Å²) in [5, 5.41) is 3.33. The molecule has 1 fully saturated rings. The van der Waals surface area contributed by atoms with Crippen LogP contribution in [0.4, 0.5) is 4.39 Å². The minimum atomic E-state index is -0.466. The maximum Gasteiger partial charge on any atom is 0.260 e. The van der Waals surface area contributed by atoms with Crippen molar-refractivity contribution in [2.45, 2.75) is 25.3 Å². The van der Waals surface area contributed by atoms with Crippen molar-refractivity contribution >= 4 is 5.91 Å². The lowest BCUT2D eigenvalue weighted by molar-refractivity contribution is -0.134. The van der Waals surface area contributed by atoms with Crippen LogP contribution in [0.2, 0.25) is 0 Å². The van der Waals surface area contributed by atoms with Gasteiger partial charge in [-0.05, 0) is 25.1 Å². The van der Waals surface area contributed by atoms with Crippen molar-refractivity contribution in [3.63, 3.8) is 0 Å². The van der Waals surface area contributed by atoms with E-state index in [1.54, 1.807) is 17.0 Å². The van der Waals surface area contributed by atoms with Gasteiger partial charge in [0.25, 0.3) is 5.91 Å². The van der Waals surface area contributed by atoms with Crippen LogP contribution < -0.4 is 10.1 Å². The average Bonchev–Trinajstić information content (AvgIpc) is 3.21. The molecule has 1 unspecified atom stereocenters. The molecule has 2 aliphatic rings. The zero-order valence-corrected chi connectivity index (χ0v) is 14.4. The van der Waals surface area contributed by atoms with Gasteiger partial charge in [0.05, 0.1) is 5.69 Å². The van der Waals surface area contributed by atoms with Crippen molar-refractivity contribution in [3.05, 3.63) is 53.4 Å². The highest BCUT2D eigenvalue weighted by Gasteiger charge is 2.25. The molecular weight excluding hydrogens is 335 g/mol. The smallest absolute Gasteiger partial charge is 0.260 e. The Morgan fingerprint density at radius 3 is 3.08 bits per heavy atom. The van der Waals surface area contributed by atoms with Crippen LogP contribution in [0, 0.1) is 5.82 Å². The SMILES string of the molecule is O=C(COc1ccccc1F)N1CCc2nc(C3CCNC3)ncc2C1. The van der Waals surface area contributed by atoms with Gasteiger partial charge < -0.3 is 15.0 Å². The molecule has 2 aromatic rings. The Hall–Kier alpha value is -2.54. The van der Waals surface area contributed by atoms with Gasteiger partial charge in [-0.3, -0.25) is 4.79 Å². The van der Waals surface area contributed by atoms with Crippen molar-refractivity contribution in [1.82, 2.24) is 20.2 Å². The predicted molar refractivity (Wildman–Crippen MR) is 93.3 cm³/mol. The number of hydrogen-bond donors (Lipinski definition) is 1. The Morgan fingerprint density at radius 1 is 1.38 bits per heavy atom. The van der Waals surface area contributed by atoms with Crippen LogP contribution in [0.1, 0.15) is 29.4 Å². The van der Waals surface area contributed by atoms with Gasteiger partial charge in [-0.2, -0.15) is 0 Å². The number of benzene rings is 1. The molecule has 1 amide bonds. The zero-order chi connectivity index (χ0) is 17.9. The summed E-state index contributed by atoms with van der Waals surface area (Å²) in [4.78, 5) is 23.3. The summed E-state index contributed by atoms with van der Waals surface area (Å²) in [6, 6.07) is 6.09. The van der Waals surface area contributed by atoms with Gasteiger partial charge in [-0.1, -0.05) is 12.1 Å². The van der Waals surface area contributed by atoms with Crippen molar-refractivity contribution < 1.29 is 13.9 Å². The van der Waals surface area contributed by atoms with Gasteiger partial charge in [0.2, 0.25) is 0 Å². The molecule has 1 aromatic heterocycles. The molecule has 0 bridgehead atoms. The van der Waals surface area contributed by atoms with E-state index in [0.29, 0.717) is 25.4 Å². The zero-order valence-electron chi connectivity index (χ0n) is 14.4. The molecule has 0 saturated carbocycles. The first-order chi connectivity index (χ1) is 12.7. The largest absolute Gasteiger partial charge is 0.481 e. The Balaban J connectivity index is 1.38. The van der Waals surface area contributed by atoms with E-state index in [-0.39, 0.29) is 18.3 Å². The van der Waals surface area contributed by atoms with E-state index in [0.717, 1.165) is 36.6 Å². The molecular formula is C19H21FN4O2. The molecule has 1 N–H and O–H groups in total. The molecule has 1 atom stereocenters. The summed E-state index contributed by atoms with van der Waals surface area (Å²) < 4.78 is 18.9. The molecule has 0 radical (unpaired) electrons. The Bertz CT molecular complexity index is 808. The number of nitrogens with one attached hydrogen (secondary N) is 1. The third-order valence-corrected chi connectivity index (χ3v) is 4.92. The van der Waals surface area contributed by atoms with Crippen molar-refractivity contribution in [1.29, 1.82) is 0 Å². The van der Waals surface area contributed by atoms with E-state index in [2.05, 4.69) is 10.3 Å². The number of hydrogen-bond acceptors (Lipinski definition) is 5. The Kier molecular flexibility index (Phi) is 4.79. The average molecular weight is 356 g/mol. The fourth-order valence-electron chi connectivity index (χ4n) is 3.41. The van der Waals surface area contributed by atoms with Crippen molar-refractivity contribution in [3.8, 4) is 5.75 Å². The minimum absolute atomic E-state index is 0.0939. The third-order valence-electron chi connectivity index (χ3n) is 4.92. The summed E-state index contributed by atoms with van der Waals surface area (Å²) >= 11 is 0. The molecule has 2 aliphatic heterocycles. The lowest BCUT2D eigenvalue weighted by Gasteiger charge is -2.28. The van der Waals surface area contributed by atoms with Crippen LogP contribution in [-0.2, 0) is 17.8 Å². The molecule has 0 aliphatic carbocycles. The second-order valence-electron chi connectivity index (χ2n) is 6.67. The number of halogens is 1. The van der Waals surface area contributed by atoms with Crippen molar-refractivity contribution in [2.75, 3.05) is 26.2 Å². The van der Waals surface area contributed by atoms with Gasteiger partial charge in [0.15, 0.2) is 18.2 Å². The summed E-state index contributed by atoms with van der Waals surface area (Å²) in [5.74, 6) is 0.747. The van der Waals surface area contributed by atoms with E-state index < -0.39 is 5.82 Å². The lowest BCUT2D eigenvalue weighted by Crippen LogP contribution is -2.39. The van der Waals surface area contributed by atoms with E-state index in [4.69, 9.17) is 9.72 Å². The fourth-order valence-corrected chi connectivity index (χ4v) is 3.41. The molecule has 7 heteroatoms. The predicted octanol–water partition coefficient (Wildman–Crippen LogP) is 1.66. The standard InChI is InChI=1S/C19H21FN4O2/c20-15-3-1-2-4-17(15)26-12-18(25)24-8-6-16-14(11-24)10-22-19(23-16)13-5-7-21-9-13/h1-4,10,13,21H,5-9,11-12H2. The normalized spacial score (nSPS) is 19.3. The molecule has 6 nitrogen and oxygen atoms in total. The molecule has 0 spiro atoms. The lowest BCUT2D eigenvalue weighted by atomic mass is 10.0. The van der Waals surface area contributed by atoms with Crippen LogP contribution in [-0.4, -0.2) is 47.0 Å². The Morgan fingerprint density at radius 2 is 2.27 bits per heavy atom. The maximum atomic E-state index is 13.6. The van der Waals surface area contributed by atoms with Gasteiger partial charge >= 0.3 is 0 Å². The quantitative estimate of drug-likeness (QED) is 0.902. The van der Waals surface area contributed by atoms with Crippen LogP contribution >= 0.6 is 0 Å². The summed E-state index contributed by atoms with van der Waals surface area (Å²) in [5.41, 5.74) is 2.01. The minimum Gasteiger partial charge on any atom is -0.481 e. The third kappa shape index (κ3) is 3.53. The van der Waals surface area contributed by atoms with Crippen LogP contribution in [0.15, 0.2) is 30.5 Å². The molecule has 136 valence electrons. The molecule has 26 heavy (non-hydrogen) atoms. The van der Waals surface area contributed by atoms with Gasteiger partial charge in [0.1, 0.15) is 5.82 Å².